The van der Waals surface area contributed by atoms with E-state index in [0.717, 1.165) is 16.0 Å². The molecule has 2 atom stereocenters. The average molecular weight is 368 g/mol. The number of nitriles is 1. The Morgan fingerprint density at radius 2 is 1.85 bits per heavy atom. The summed E-state index contributed by atoms with van der Waals surface area (Å²) in [6.07, 6.45) is 0. The maximum atomic E-state index is 12.6. The van der Waals surface area contributed by atoms with Crippen molar-refractivity contribution in [3.05, 3.63) is 53.1 Å². The molecule has 1 amide bonds. The van der Waals surface area contributed by atoms with Gasteiger partial charge in [-0.05, 0) is 43.7 Å². The number of ether oxygens (including phenoxy) is 2. The minimum absolute atomic E-state index is 0.131. The van der Waals surface area contributed by atoms with Gasteiger partial charge in [-0.25, -0.2) is 0 Å². The molecular formula is C21H26N3O3+. The maximum Gasteiger partial charge on any atom is 0.282 e. The summed E-state index contributed by atoms with van der Waals surface area (Å²) in [4.78, 5) is 13.7. The van der Waals surface area contributed by atoms with Gasteiger partial charge in [-0.3, -0.25) is 4.79 Å². The average Bonchev–Trinajstić information content (AvgIpc) is 2.68. The van der Waals surface area contributed by atoms with Gasteiger partial charge in [0.15, 0.2) is 17.5 Å². The zero-order valence-electron chi connectivity index (χ0n) is 16.4. The van der Waals surface area contributed by atoms with Crippen molar-refractivity contribution < 1.29 is 19.2 Å². The summed E-state index contributed by atoms with van der Waals surface area (Å²) in [7, 11) is 5.19. The largest absolute Gasteiger partial charge is 0.493 e. The van der Waals surface area contributed by atoms with Gasteiger partial charge in [-0.1, -0.05) is 12.1 Å². The number of hydrogen-bond acceptors (Lipinski definition) is 4. The molecule has 0 aliphatic heterocycles. The normalized spacial score (nSPS) is 12.6. The van der Waals surface area contributed by atoms with Crippen molar-refractivity contribution in [3.8, 4) is 17.6 Å². The lowest BCUT2D eigenvalue weighted by Crippen LogP contribution is -3.12. The van der Waals surface area contributed by atoms with Gasteiger partial charge in [0.05, 0.1) is 32.5 Å². The van der Waals surface area contributed by atoms with E-state index in [0.29, 0.717) is 29.3 Å². The van der Waals surface area contributed by atoms with Crippen LogP contribution in [0.5, 0.6) is 11.5 Å². The van der Waals surface area contributed by atoms with Crippen molar-refractivity contribution >= 4 is 11.6 Å². The molecule has 0 aliphatic rings. The van der Waals surface area contributed by atoms with E-state index in [9.17, 15) is 4.79 Å². The van der Waals surface area contributed by atoms with Crippen LogP contribution in [-0.2, 0) is 11.3 Å². The second kappa shape index (κ2) is 9.06. The molecular weight excluding hydrogens is 342 g/mol. The van der Waals surface area contributed by atoms with E-state index < -0.39 is 0 Å². The molecule has 0 spiro atoms. The summed E-state index contributed by atoms with van der Waals surface area (Å²) in [5, 5.41) is 12.0. The molecule has 0 radical (unpaired) electrons. The number of para-hydroxylation sites is 1. The predicted molar refractivity (Wildman–Crippen MR) is 104 cm³/mol. The van der Waals surface area contributed by atoms with Crippen molar-refractivity contribution in [2.24, 2.45) is 0 Å². The highest BCUT2D eigenvalue weighted by Gasteiger charge is 2.24. The number of likely N-dealkylation sites (N-methyl/N-ethyl adjacent to an activating group) is 1. The smallest absolute Gasteiger partial charge is 0.282 e. The molecule has 0 bridgehead atoms. The van der Waals surface area contributed by atoms with E-state index in [-0.39, 0.29) is 11.9 Å². The molecule has 6 nitrogen and oxygen atoms in total. The van der Waals surface area contributed by atoms with E-state index in [1.807, 2.05) is 33.0 Å². The molecule has 2 rings (SSSR count). The molecule has 0 saturated heterocycles. The fourth-order valence-corrected chi connectivity index (χ4v) is 2.82. The van der Waals surface area contributed by atoms with Crippen molar-refractivity contribution in [2.75, 3.05) is 26.6 Å². The standard InChI is InChI=1S/C21H25N3O3/c1-14-10-19(26-4)20(27-5)11-17(14)13-24(3)15(2)21(25)23-18-9-7-6-8-16(18)12-22/h6-11,15H,13H2,1-5H3,(H,23,25)/p+1/t15-/m0/s1. The SMILES string of the molecule is COc1cc(C)c(C[NH+](C)[C@@H](C)C(=O)Nc2ccccc2C#N)cc1OC. The summed E-state index contributed by atoms with van der Waals surface area (Å²) in [5.74, 6) is 1.23. The third-order valence-corrected chi connectivity index (χ3v) is 4.75. The molecule has 6 heteroatoms. The quantitative estimate of drug-likeness (QED) is 0.783. The fourth-order valence-electron chi connectivity index (χ4n) is 2.82. The summed E-state index contributed by atoms with van der Waals surface area (Å²) in [6, 6.07) is 12.7. The van der Waals surface area contributed by atoms with Crippen LogP contribution in [0.25, 0.3) is 0 Å². The number of carbonyl (C=O) groups is 1. The number of anilines is 1. The molecule has 2 N–H and O–H groups in total. The lowest BCUT2D eigenvalue weighted by Gasteiger charge is -2.22. The third-order valence-electron chi connectivity index (χ3n) is 4.75. The zero-order chi connectivity index (χ0) is 20.0. The Kier molecular flexibility index (Phi) is 6.80. The molecule has 0 fully saturated rings. The van der Waals surface area contributed by atoms with Crippen molar-refractivity contribution in [1.82, 2.24) is 0 Å². The Morgan fingerprint density at radius 3 is 2.48 bits per heavy atom. The molecule has 2 aromatic carbocycles. The van der Waals surface area contributed by atoms with Gasteiger partial charge in [0.2, 0.25) is 0 Å². The van der Waals surface area contributed by atoms with Crippen LogP contribution in [0.4, 0.5) is 5.69 Å². The van der Waals surface area contributed by atoms with Crippen molar-refractivity contribution in [2.45, 2.75) is 26.4 Å². The van der Waals surface area contributed by atoms with Gasteiger partial charge in [0.1, 0.15) is 12.6 Å². The van der Waals surface area contributed by atoms with E-state index in [4.69, 9.17) is 14.7 Å². The first-order chi connectivity index (χ1) is 12.9. The first-order valence-electron chi connectivity index (χ1n) is 8.75. The molecule has 0 saturated carbocycles. The minimum atomic E-state index is -0.302. The van der Waals surface area contributed by atoms with Gasteiger partial charge in [0.25, 0.3) is 5.91 Å². The second-order valence-corrected chi connectivity index (χ2v) is 6.53. The Morgan fingerprint density at radius 1 is 1.22 bits per heavy atom. The van der Waals surface area contributed by atoms with Gasteiger partial charge < -0.3 is 19.7 Å². The van der Waals surface area contributed by atoms with Gasteiger partial charge >= 0.3 is 0 Å². The van der Waals surface area contributed by atoms with Crippen molar-refractivity contribution in [3.63, 3.8) is 0 Å². The van der Waals surface area contributed by atoms with Crippen LogP contribution in [0.1, 0.15) is 23.6 Å². The lowest BCUT2D eigenvalue weighted by atomic mass is 10.1. The number of carbonyl (C=O) groups excluding carboxylic acids is 1. The van der Waals surface area contributed by atoms with Crippen LogP contribution in [0.3, 0.4) is 0 Å². The fraction of sp³-hybridized carbons (Fsp3) is 0.333. The molecule has 142 valence electrons. The maximum absolute atomic E-state index is 12.6. The summed E-state index contributed by atoms with van der Waals surface area (Å²) < 4.78 is 10.7. The number of nitrogens with zero attached hydrogens (tertiary/aromatic N) is 1. The van der Waals surface area contributed by atoms with Crippen LogP contribution in [0, 0.1) is 18.3 Å². The molecule has 2 aromatic rings. The molecule has 0 heterocycles. The van der Waals surface area contributed by atoms with E-state index in [1.165, 1.54) is 0 Å². The number of aryl methyl sites for hydroxylation is 1. The third kappa shape index (κ3) is 4.78. The van der Waals surface area contributed by atoms with Crippen LogP contribution in [0.15, 0.2) is 36.4 Å². The molecule has 27 heavy (non-hydrogen) atoms. The van der Waals surface area contributed by atoms with Crippen LogP contribution >= 0.6 is 0 Å². The van der Waals surface area contributed by atoms with Gasteiger partial charge in [-0.15, -0.1) is 0 Å². The Bertz CT molecular complexity index is 858. The number of nitrogens with one attached hydrogen (secondary N) is 2. The number of quaternary nitrogens is 1. The highest BCUT2D eigenvalue weighted by molar-refractivity contribution is 5.94. The zero-order valence-corrected chi connectivity index (χ0v) is 16.4. The van der Waals surface area contributed by atoms with Gasteiger partial charge in [-0.2, -0.15) is 5.26 Å². The molecule has 1 unspecified atom stereocenters. The lowest BCUT2D eigenvalue weighted by molar-refractivity contribution is -0.907. The number of hydrogen-bond donors (Lipinski definition) is 2. The highest BCUT2D eigenvalue weighted by atomic mass is 16.5. The Hall–Kier alpha value is -3.04. The second-order valence-electron chi connectivity index (χ2n) is 6.53. The van der Waals surface area contributed by atoms with E-state index in [2.05, 4.69) is 11.4 Å². The monoisotopic (exact) mass is 368 g/mol. The minimum Gasteiger partial charge on any atom is -0.493 e. The van der Waals surface area contributed by atoms with E-state index in [1.54, 1.807) is 38.5 Å². The Balaban J connectivity index is 2.12. The first-order valence-corrected chi connectivity index (χ1v) is 8.75. The summed E-state index contributed by atoms with van der Waals surface area (Å²) in [5.41, 5.74) is 3.15. The Labute approximate surface area is 160 Å². The number of methoxy groups -OCH3 is 2. The van der Waals surface area contributed by atoms with Crippen LogP contribution < -0.4 is 19.7 Å². The first kappa shape index (κ1) is 20.3. The topological polar surface area (TPSA) is 75.8 Å². The molecule has 0 aromatic heterocycles. The number of amides is 1. The van der Waals surface area contributed by atoms with Crippen molar-refractivity contribution in [1.29, 1.82) is 5.26 Å². The number of benzene rings is 2. The van der Waals surface area contributed by atoms with Gasteiger partial charge in [0, 0.05) is 5.56 Å². The number of rotatable bonds is 7. The van der Waals surface area contributed by atoms with Crippen LogP contribution in [0.2, 0.25) is 0 Å². The predicted octanol–water partition coefficient (Wildman–Crippen LogP) is 1.93. The summed E-state index contributed by atoms with van der Waals surface area (Å²) in [6.45, 7) is 4.54. The molecule has 0 aliphatic carbocycles. The summed E-state index contributed by atoms with van der Waals surface area (Å²) >= 11 is 0. The van der Waals surface area contributed by atoms with E-state index >= 15 is 0 Å². The van der Waals surface area contributed by atoms with Crippen LogP contribution in [-0.4, -0.2) is 33.2 Å². The highest BCUT2D eigenvalue weighted by Crippen LogP contribution is 2.29.